The van der Waals surface area contributed by atoms with Gasteiger partial charge in [-0.05, 0) is 49.5 Å². The third kappa shape index (κ3) is 3.93. The maximum absolute atomic E-state index is 13.0. The van der Waals surface area contributed by atoms with Gasteiger partial charge in [0, 0.05) is 6.54 Å². The van der Waals surface area contributed by atoms with Gasteiger partial charge in [-0.3, -0.25) is 4.90 Å². The van der Waals surface area contributed by atoms with Gasteiger partial charge in [0.25, 0.3) is 0 Å². The van der Waals surface area contributed by atoms with Crippen molar-refractivity contribution in [3.05, 3.63) is 35.6 Å². The van der Waals surface area contributed by atoms with E-state index in [1.807, 2.05) is 4.90 Å². The molecule has 0 saturated carbocycles. The van der Waals surface area contributed by atoms with E-state index >= 15 is 0 Å². The normalized spacial score (nSPS) is 20.1. The summed E-state index contributed by atoms with van der Waals surface area (Å²) in [4.78, 5) is 1.98. The van der Waals surface area contributed by atoms with E-state index in [2.05, 4.69) is 0 Å². The van der Waals surface area contributed by atoms with E-state index in [0.717, 1.165) is 5.56 Å². The second-order valence-corrected chi connectivity index (χ2v) is 5.23. The SMILES string of the molecule is OC(C1CCN(Cc2cccc(F)c2)CC1)C(F)(F)F. The first kappa shape index (κ1) is 15.3. The molecular weight excluding hydrogens is 274 g/mol. The van der Waals surface area contributed by atoms with Crippen molar-refractivity contribution >= 4 is 0 Å². The molecule has 0 aromatic heterocycles. The van der Waals surface area contributed by atoms with Crippen LogP contribution < -0.4 is 0 Å². The van der Waals surface area contributed by atoms with Crippen molar-refractivity contribution in [2.45, 2.75) is 31.7 Å². The van der Waals surface area contributed by atoms with Crippen molar-refractivity contribution in [2.75, 3.05) is 13.1 Å². The first-order chi connectivity index (χ1) is 9.36. The Hall–Kier alpha value is -1.14. The Morgan fingerprint density at radius 2 is 1.90 bits per heavy atom. The highest BCUT2D eigenvalue weighted by atomic mass is 19.4. The van der Waals surface area contributed by atoms with Crippen LogP contribution in [0.3, 0.4) is 0 Å². The summed E-state index contributed by atoms with van der Waals surface area (Å²) in [6.07, 6.45) is -6.18. The fraction of sp³-hybridized carbons (Fsp3) is 0.571. The Morgan fingerprint density at radius 1 is 1.25 bits per heavy atom. The van der Waals surface area contributed by atoms with E-state index in [-0.39, 0.29) is 5.82 Å². The summed E-state index contributed by atoms with van der Waals surface area (Å²) in [6.45, 7) is 1.48. The molecule has 1 aliphatic heterocycles. The zero-order chi connectivity index (χ0) is 14.8. The molecule has 1 aromatic rings. The fourth-order valence-corrected chi connectivity index (χ4v) is 2.59. The molecule has 1 unspecified atom stereocenters. The van der Waals surface area contributed by atoms with Gasteiger partial charge in [0.05, 0.1) is 0 Å². The minimum atomic E-state index is -4.55. The predicted octanol–water partition coefficient (Wildman–Crippen LogP) is 2.96. The van der Waals surface area contributed by atoms with Gasteiger partial charge in [0.1, 0.15) is 5.82 Å². The zero-order valence-electron chi connectivity index (χ0n) is 10.9. The highest BCUT2D eigenvalue weighted by Crippen LogP contribution is 2.31. The molecule has 0 spiro atoms. The highest BCUT2D eigenvalue weighted by Gasteiger charge is 2.44. The van der Waals surface area contributed by atoms with Gasteiger partial charge in [-0.1, -0.05) is 12.1 Å². The van der Waals surface area contributed by atoms with Crippen molar-refractivity contribution in [1.29, 1.82) is 0 Å². The molecule has 0 radical (unpaired) electrons. The summed E-state index contributed by atoms with van der Waals surface area (Å²) in [6, 6.07) is 6.19. The van der Waals surface area contributed by atoms with Gasteiger partial charge in [-0.15, -0.1) is 0 Å². The minimum Gasteiger partial charge on any atom is -0.383 e. The second-order valence-electron chi connectivity index (χ2n) is 5.23. The van der Waals surface area contributed by atoms with Gasteiger partial charge in [0.2, 0.25) is 0 Å². The third-order valence-corrected chi connectivity index (χ3v) is 3.71. The van der Waals surface area contributed by atoms with Crippen LogP contribution in [-0.2, 0) is 6.54 Å². The molecule has 1 N–H and O–H groups in total. The number of rotatable bonds is 3. The van der Waals surface area contributed by atoms with Crippen LogP contribution in [0.15, 0.2) is 24.3 Å². The largest absolute Gasteiger partial charge is 0.414 e. The Kier molecular flexibility index (Phi) is 4.65. The standard InChI is InChI=1S/C14H17F4NO/c15-12-3-1-2-10(8-12)9-19-6-4-11(5-7-19)13(20)14(16,17)18/h1-3,8,11,13,20H,4-7,9H2. The third-order valence-electron chi connectivity index (χ3n) is 3.71. The molecule has 6 heteroatoms. The number of aliphatic hydroxyl groups is 1. The van der Waals surface area contributed by atoms with E-state index in [9.17, 15) is 22.7 Å². The number of hydrogen-bond donors (Lipinski definition) is 1. The molecule has 1 aromatic carbocycles. The summed E-state index contributed by atoms with van der Waals surface area (Å²) in [5.74, 6) is -1.05. The Labute approximate surface area is 115 Å². The van der Waals surface area contributed by atoms with Gasteiger partial charge >= 0.3 is 6.18 Å². The number of piperidine rings is 1. The lowest BCUT2D eigenvalue weighted by Crippen LogP contribution is -2.43. The van der Waals surface area contributed by atoms with Crippen molar-refractivity contribution in [2.24, 2.45) is 5.92 Å². The van der Waals surface area contributed by atoms with Crippen LogP contribution in [0.25, 0.3) is 0 Å². The second kappa shape index (κ2) is 6.10. The molecule has 20 heavy (non-hydrogen) atoms. The van der Waals surface area contributed by atoms with E-state index in [4.69, 9.17) is 0 Å². The number of halogens is 4. The topological polar surface area (TPSA) is 23.5 Å². The molecule has 1 saturated heterocycles. The molecular formula is C14H17F4NO. The lowest BCUT2D eigenvalue weighted by molar-refractivity contribution is -0.223. The smallest absolute Gasteiger partial charge is 0.383 e. The average molecular weight is 291 g/mol. The van der Waals surface area contributed by atoms with Crippen molar-refractivity contribution < 1.29 is 22.7 Å². The molecule has 112 valence electrons. The maximum Gasteiger partial charge on any atom is 0.414 e. The van der Waals surface area contributed by atoms with Crippen molar-refractivity contribution in [1.82, 2.24) is 4.90 Å². The quantitative estimate of drug-likeness (QED) is 0.866. The number of alkyl halides is 3. The average Bonchev–Trinajstić information content (AvgIpc) is 2.38. The van der Waals surface area contributed by atoms with Crippen LogP contribution in [0, 0.1) is 11.7 Å². The van der Waals surface area contributed by atoms with Crippen LogP contribution in [-0.4, -0.2) is 35.4 Å². The van der Waals surface area contributed by atoms with Gasteiger partial charge < -0.3 is 5.11 Å². The molecule has 0 amide bonds. The molecule has 2 nitrogen and oxygen atoms in total. The Morgan fingerprint density at radius 3 is 2.45 bits per heavy atom. The summed E-state index contributed by atoms with van der Waals surface area (Å²) >= 11 is 0. The maximum atomic E-state index is 13.0. The zero-order valence-corrected chi connectivity index (χ0v) is 10.9. The summed E-state index contributed by atoms with van der Waals surface area (Å²) in [5, 5.41) is 9.23. The molecule has 1 atom stereocenters. The summed E-state index contributed by atoms with van der Waals surface area (Å²) < 4.78 is 50.3. The van der Waals surface area contributed by atoms with Gasteiger partial charge in [-0.25, -0.2) is 4.39 Å². The molecule has 0 aliphatic carbocycles. The first-order valence-electron chi connectivity index (χ1n) is 6.58. The number of benzene rings is 1. The fourth-order valence-electron chi connectivity index (χ4n) is 2.59. The molecule has 0 bridgehead atoms. The van der Waals surface area contributed by atoms with Crippen LogP contribution in [0.5, 0.6) is 0 Å². The predicted molar refractivity (Wildman–Crippen MR) is 66.5 cm³/mol. The number of likely N-dealkylation sites (tertiary alicyclic amines) is 1. The number of hydrogen-bond acceptors (Lipinski definition) is 2. The molecule has 1 aliphatic rings. The van der Waals surface area contributed by atoms with Crippen LogP contribution in [0.1, 0.15) is 18.4 Å². The summed E-state index contributed by atoms with van der Waals surface area (Å²) in [7, 11) is 0. The number of nitrogens with zero attached hydrogens (tertiary/aromatic N) is 1. The van der Waals surface area contributed by atoms with Crippen LogP contribution in [0.2, 0.25) is 0 Å². The highest BCUT2D eigenvalue weighted by molar-refractivity contribution is 5.16. The van der Waals surface area contributed by atoms with E-state index in [0.29, 0.717) is 32.5 Å². The van der Waals surface area contributed by atoms with Gasteiger partial charge in [-0.2, -0.15) is 13.2 Å². The monoisotopic (exact) mass is 291 g/mol. The van der Waals surface area contributed by atoms with E-state index < -0.39 is 18.2 Å². The Balaban J connectivity index is 1.86. The van der Waals surface area contributed by atoms with Crippen LogP contribution >= 0.6 is 0 Å². The number of aliphatic hydroxyl groups excluding tert-OH is 1. The molecule has 1 heterocycles. The summed E-state index contributed by atoms with van der Waals surface area (Å²) in [5.41, 5.74) is 0.805. The van der Waals surface area contributed by atoms with Crippen molar-refractivity contribution in [3.63, 3.8) is 0 Å². The first-order valence-corrected chi connectivity index (χ1v) is 6.58. The Bertz CT molecular complexity index is 441. The molecule has 1 fully saturated rings. The van der Waals surface area contributed by atoms with E-state index in [1.54, 1.807) is 12.1 Å². The van der Waals surface area contributed by atoms with Crippen LogP contribution in [0.4, 0.5) is 17.6 Å². The lowest BCUT2D eigenvalue weighted by atomic mass is 9.90. The molecule has 2 rings (SSSR count). The van der Waals surface area contributed by atoms with E-state index in [1.165, 1.54) is 12.1 Å². The minimum absolute atomic E-state index is 0.302. The lowest BCUT2D eigenvalue weighted by Gasteiger charge is -2.34. The van der Waals surface area contributed by atoms with Crippen molar-refractivity contribution in [3.8, 4) is 0 Å². The van der Waals surface area contributed by atoms with Gasteiger partial charge in [0.15, 0.2) is 6.10 Å².